The third-order valence-corrected chi connectivity index (χ3v) is 3.99. The van der Waals surface area contributed by atoms with Gasteiger partial charge in [0.2, 0.25) is 5.88 Å². The monoisotopic (exact) mass is 372 g/mol. The molecule has 2 aromatic rings. The zero-order valence-electron chi connectivity index (χ0n) is 16.4. The summed E-state index contributed by atoms with van der Waals surface area (Å²) in [6, 6.07) is 11.8. The Bertz CT molecular complexity index is 737. The van der Waals surface area contributed by atoms with Gasteiger partial charge in [-0.1, -0.05) is 24.3 Å². The Hall–Kier alpha value is -2.80. The van der Waals surface area contributed by atoms with E-state index in [1.54, 1.807) is 27.5 Å². The van der Waals surface area contributed by atoms with Gasteiger partial charge in [0.05, 0.1) is 13.7 Å². The molecule has 2 rings (SSSR count). The lowest BCUT2D eigenvalue weighted by molar-refractivity contribution is 0.143. The molecule has 1 heterocycles. The smallest absolute Gasteiger partial charge is 0.218 e. The molecule has 0 aliphatic carbocycles. The number of methoxy groups -OCH3 is 2. The number of aromatic nitrogens is 1. The number of aliphatic imine (C=N–C) groups is 1. The molecule has 0 unspecified atom stereocenters. The molecule has 7 heteroatoms. The van der Waals surface area contributed by atoms with E-state index in [1.807, 2.05) is 48.3 Å². The van der Waals surface area contributed by atoms with Crippen LogP contribution in [0.15, 0.2) is 47.6 Å². The lowest BCUT2D eigenvalue weighted by Gasteiger charge is -2.23. The Morgan fingerprint density at radius 1 is 1.11 bits per heavy atom. The van der Waals surface area contributed by atoms with Crippen molar-refractivity contribution in [2.45, 2.75) is 13.1 Å². The summed E-state index contributed by atoms with van der Waals surface area (Å²) in [4.78, 5) is 10.7. The molecule has 0 fully saturated rings. The maximum Gasteiger partial charge on any atom is 0.218 e. The van der Waals surface area contributed by atoms with Crippen molar-refractivity contribution in [3.8, 4) is 11.6 Å². The molecule has 0 spiro atoms. The minimum absolute atomic E-state index is 0.461. The normalized spacial score (nSPS) is 11.2. The number of hydrogen-bond donors (Lipinski definition) is 1. The molecule has 1 aromatic carbocycles. The first-order valence-corrected chi connectivity index (χ1v) is 8.79. The SMILES string of the molecule is CN=C(NCc1cccnc1OCCOC)N(C)Cc1ccccc1OC. The molecule has 0 atom stereocenters. The second kappa shape index (κ2) is 11.0. The van der Waals surface area contributed by atoms with Gasteiger partial charge in [0.25, 0.3) is 0 Å². The minimum Gasteiger partial charge on any atom is -0.496 e. The summed E-state index contributed by atoms with van der Waals surface area (Å²) < 4.78 is 16.1. The number of nitrogens with one attached hydrogen (secondary N) is 1. The Morgan fingerprint density at radius 2 is 1.89 bits per heavy atom. The fourth-order valence-electron chi connectivity index (χ4n) is 2.63. The van der Waals surface area contributed by atoms with Crippen LogP contribution in [0.5, 0.6) is 11.6 Å². The highest BCUT2D eigenvalue weighted by Crippen LogP contribution is 2.19. The van der Waals surface area contributed by atoms with E-state index in [2.05, 4.69) is 15.3 Å². The maximum absolute atomic E-state index is 5.68. The van der Waals surface area contributed by atoms with Gasteiger partial charge in [0.1, 0.15) is 12.4 Å². The quantitative estimate of drug-likeness (QED) is 0.414. The van der Waals surface area contributed by atoms with E-state index in [0.29, 0.717) is 32.2 Å². The van der Waals surface area contributed by atoms with Crippen LogP contribution < -0.4 is 14.8 Å². The number of pyridine rings is 1. The second-order valence-corrected chi connectivity index (χ2v) is 5.88. The van der Waals surface area contributed by atoms with Gasteiger partial charge in [0, 0.05) is 51.6 Å². The summed E-state index contributed by atoms with van der Waals surface area (Å²) in [6.07, 6.45) is 1.72. The number of hydrogen-bond acceptors (Lipinski definition) is 5. The molecule has 27 heavy (non-hydrogen) atoms. The highest BCUT2D eigenvalue weighted by molar-refractivity contribution is 5.79. The van der Waals surface area contributed by atoms with Gasteiger partial charge < -0.3 is 24.4 Å². The van der Waals surface area contributed by atoms with Crippen molar-refractivity contribution in [1.82, 2.24) is 15.2 Å². The first kappa shape index (κ1) is 20.5. The molecule has 0 bridgehead atoms. The molecular formula is C20H28N4O3. The predicted molar refractivity (Wildman–Crippen MR) is 106 cm³/mol. The van der Waals surface area contributed by atoms with Crippen LogP contribution in [0.2, 0.25) is 0 Å². The summed E-state index contributed by atoms with van der Waals surface area (Å²) in [5.74, 6) is 2.23. The Kier molecular flexibility index (Phi) is 8.38. The summed E-state index contributed by atoms with van der Waals surface area (Å²) in [7, 11) is 7.08. The third-order valence-electron chi connectivity index (χ3n) is 3.99. The summed E-state index contributed by atoms with van der Waals surface area (Å²) in [5.41, 5.74) is 2.05. The van der Waals surface area contributed by atoms with Crippen LogP contribution in [0.4, 0.5) is 0 Å². The van der Waals surface area contributed by atoms with Gasteiger partial charge >= 0.3 is 0 Å². The third kappa shape index (κ3) is 6.14. The molecule has 0 aliphatic rings. The van der Waals surface area contributed by atoms with Crippen molar-refractivity contribution in [2.75, 3.05) is 41.5 Å². The van der Waals surface area contributed by atoms with Crippen LogP contribution in [-0.4, -0.2) is 57.4 Å². The van der Waals surface area contributed by atoms with Crippen molar-refractivity contribution in [3.63, 3.8) is 0 Å². The molecule has 0 aliphatic heterocycles. The lowest BCUT2D eigenvalue weighted by atomic mass is 10.2. The fourth-order valence-corrected chi connectivity index (χ4v) is 2.63. The van der Waals surface area contributed by atoms with E-state index in [4.69, 9.17) is 14.2 Å². The van der Waals surface area contributed by atoms with Gasteiger partial charge in [-0.3, -0.25) is 4.99 Å². The van der Waals surface area contributed by atoms with E-state index >= 15 is 0 Å². The van der Waals surface area contributed by atoms with E-state index in [1.165, 1.54) is 0 Å². The maximum atomic E-state index is 5.68. The van der Waals surface area contributed by atoms with Gasteiger partial charge in [0.15, 0.2) is 5.96 Å². The number of benzene rings is 1. The topological polar surface area (TPSA) is 68.2 Å². The number of nitrogens with zero attached hydrogens (tertiary/aromatic N) is 3. The number of rotatable bonds is 9. The highest BCUT2D eigenvalue weighted by Gasteiger charge is 2.11. The van der Waals surface area contributed by atoms with Gasteiger partial charge in [-0.15, -0.1) is 0 Å². The number of ether oxygens (including phenoxy) is 3. The molecule has 1 N–H and O–H groups in total. The Morgan fingerprint density at radius 3 is 2.63 bits per heavy atom. The van der Waals surface area contributed by atoms with E-state index in [9.17, 15) is 0 Å². The lowest BCUT2D eigenvalue weighted by Crippen LogP contribution is -2.38. The van der Waals surface area contributed by atoms with Gasteiger partial charge in [-0.05, 0) is 12.1 Å². The van der Waals surface area contributed by atoms with Crippen molar-refractivity contribution >= 4 is 5.96 Å². The van der Waals surface area contributed by atoms with Crippen molar-refractivity contribution in [1.29, 1.82) is 0 Å². The summed E-state index contributed by atoms with van der Waals surface area (Å²) in [6.45, 7) is 2.21. The molecule has 1 aromatic heterocycles. The summed E-state index contributed by atoms with van der Waals surface area (Å²) >= 11 is 0. The zero-order chi connectivity index (χ0) is 19.5. The van der Waals surface area contributed by atoms with Crippen LogP contribution in [0.3, 0.4) is 0 Å². The van der Waals surface area contributed by atoms with Crippen molar-refractivity contribution < 1.29 is 14.2 Å². The Balaban J connectivity index is 1.99. The number of para-hydroxylation sites is 1. The Labute approximate surface area is 161 Å². The van der Waals surface area contributed by atoms with Crippen LogP contribution in [0.1, 0.15) is 11.1 Å². The molecule has 7 nitrogen and oxygen atoms in total. The van der Waals surface area contributed by atoms with E-state index in [-0.39, 0.29) is 0 Å². The average molecular weight is 372 g/mol. The standard InChI is InChI=1S/C20H28N4O3/c1-21-20(24(2)15-17-8-5-6-10-18(17)26-4)23-14-16-9-7-11-22-19(16)27-13-12-25-3/h5-11H,12-15H2,1-4H3,(H,21,23). The fraction of sp³-hybridized carbons (Fsp3) is 0.400. The first-order chi connectivity index (χ1) is 13.2. The minimum atomic E-state index is 0.461. The van der Waals surface area contributed by atoms with Crippen LogP contribution >= 0.6 is 0 Å². The first-order valence-electron chi connectivity index (χ1n) is 8.79. The molecule has 0 radical (unpaired) electrons. The van der Waals surface area contributed by atoms with Crippen LogP contribution in [-0.2, 0) is 17.8 Å². The van der Waals surface area contributed by atoms with Crippen LogP contribution in [0.25, 0.3) is 0 Å². The summed E-state index contributed by atoms with van der Waals surface area (Å²) in [5, 5.41) is 3.36. The molecule has 146 valence electrons. The molecule has 0 saturated carbocycles. The van der Waals surface area contributed by atoms with Gasteiger partial charge in [-0.2, -0.15) is 0 Å². The predicted octanol–water partition coefficient (Wildman–Crippen LogP) is 2.32. The average Bonchev–Trinajstić information content (AvgIpc) is 2.70. The van der Waals surface area contributed by atoms with E-state index in [0.717, 1.165) is 22.8 Å². The second-order valence-electron chi connectivity index (χ2n) is 5.88. The zero-order valence-corrected chi connectivity index (χ0v) is 16.4. The molecular weight excluding hydrogens is 344 g/mol. The van der Waals surface area contributed by atoms with Crippen molar-refractivity contribution in [2.24, 2.45) is 4.99 Å². The highest BCUT2D eigenvalue weighted by atomic mass is 16.5. The van der Waals surface area contributed by atoms with Crippen molar-refractivity contribution in [3.05, 3.63) is 53.7 Å². The molecule has 0 amide bonds. The van der Waals surface area contributed by atoms with E-state index < -0.39 is 0 Å². The molecule has 0 saturated heterocycles. The van der Waals surface area contributed by atoms with Gasteiger partial charge in [-0.25, -0.2) is 4.98 Å². The largest absolute Gasteiger partial charge is 0.496 e. The number of guanidine groups is 1. The van der Waals surface area contributed by atoms with Crippen LogP contribution in [0, 0.1) is 0 Å².